The topological polar surface area (TPSA) is 32.3 Å². The molecule has 0 saturated carbocycles. The standard InChI is InChI=1S/C19H25NO/c1-13-9-15(3)19(10-14(13)2)16(4)20-11-17-5-7-18(12-21)8-6-17/h5-10,16,20-21H,11-12H2,1-4H3. The summed E-state index contributed by atoms with van der Waals surface area (Å²) in [6.07, 6.45) is 0. The van der Waals surface area contributed by atoms with Crippen LogP contribution < -0.4 is 5.32 Å². The van der Waals surface area contributed by atoms with Gasteiger partial charge in [-0.05, 0) is 61.1 Å². The summed E-state index contributed by atoms with van der Waals surface area (Å²) in [5.41, 5.74) is 7.59. The highest BCUT2D eigenvalue weighted by molar-refractivity contribution is 5.38. The molecule has 21 heavy (non-hydrogen) atoms. The second-order valence-corrected chi connectivity index (χ2v) is 5.87. The van der Waals surface area contributed by atoms with Gasteiger partial charge in [-0.25, -0.2) is 0 Å². The van der Waals surface area contributed by atoms with Crippen LogP contribution in [-0.2, 0) is 13.2 Å². The Kier molecular flexibility index (Phi) is 5.16. The molecule has 2 rings (SSSR count). The molecule has 0 saturated heterocycles. The molecule has 2 N–H and O–H groups in total. The molecule has 1 atom stereocenters. The molecule has 2 aromatic carbocycles. The van der Waals surface area contributed by atoms with Gasteiger partial charge in [-0.2, -0.15) is 0 Å². The van der Waals surface area contributed by atoms with Gasteiger partial charge in [0, 0.05) is 12.6 Å². The van der Waals surface area contributed by atoms with Crippen molar-refractivity contribution < 1.29 is 5.11 Å². The molecule has 0 fully saturated rings. The van der Waals surface area contributed by atoms with Crippen molar-refractivity contribution in [2.45, 2.75) is 46.9 Å². The second kappa shape index (κ2) is 6.88. The first kappa shape index (κ1) is 15.7. The van der Waals surface area contributed by atoms with E-state index in [9.17, 15) is 0 Å². The fourth-order valence-corrected chi connectivity index (χ4v) is 2.59. The Bertz CT molecular complexity index is 602. The minimum atomic E-state index is 0.103. The number of aliphatic hydroxyl groups is 1. The zero-order valence-electron chi connectivity index (χ0n) is 13.4. The average molecular weight is 283 g/mol. The number of aryl methyl sites for hydroxylation is 3. The predicted molar refractivity (Wildman–Crippen MR) is 88.3 cm³/mol. The number of hydrogen-bond acceptors (Lipinski definition) is 2. The normalized spacial score (nSPS) is 12.4. The summed E-state index contributed by atoms with van der Waals surface area (Å²) in [7, 11) is 0. The summed E-state index contributed by atoms with van der Waals surface area (Å²) < 4.78 is 0. The van der Waals surface area contributed by atoms with Crippen molar-refractivity contribution in [2.75, 3.05) is 0 Å². The highest BCUT2D eigenvalue weighted by Gasteiger charge is 2.09. The quantitative estimate of drug-likeness (QED) is 0.870. The third kappa shape index (κ3) is 3.93. The van der Waals surface area contributed by atoms with E-state index in [1.807, 2.05) is 12.1 Å². The van der Waals surface area contributed by atoms with E-state index in [0.29, 0.717) is 6.04 Å². The molecule has 0 aliphatic rings. The van der Waals surface area contributed by atoms with E-state index in [1.54, 1.807) is 0 Å². The minimum absolute atomic E-state index is 0.103. The number of hydrogen-bond donors (Lipinski definition) is 2. The zero-order valence-corrected chi connectivity index (χ0v) is 13.4. The predicted octanol–water partition coefficient (Wildman–Crippen LogP) is 3.95. The van der Waals surface area contributed by atoms with Crippen LogP contribution in [0.25, 0.3) is 0 Å². The van der Waals surface area contributed by atoms with Crippen molar-refractivity contribution in [3.63, 3.8) is 0 Å². The summed E-state index contributed by atoms with van der Waals surface area (Å²) >= 11 is 0. The van der Waals surface area contributed by atoms with Gasteiger partial charge in [0.05, 0.1) is 6.61 Å². The Morgan fingerprint density at radius 2 is 1.48 bits per heavy atom. The van der Waals surface area contributed by atoms with Crippen LogP contribution in [0.15, 0.2) is 36.4 Å². The summed E-state index contributed by atoms with van der Waals surface area (Å²) in [6, 6.07) is 13.0. The van der Waals surface area contributed by atoms with Gasteiger partial charge < -0.3 is 10.4 Å². The molecule has 0 radical (unpaired) electrons. The van der Waals surface area contributed by atoms with Crippen molar-refractivity contribution in [3.05, 3.63) is 69.8 Å². The lowest BCUT2D eigenvalue weighted by atomic mass is 9.96. The number of aliphatic hydroxyl groups excluding tert-OH is 1. The van der Waals surface area contributed by atoms with Crippen molar-refractivity contribution in [1.82, 2.24) is 5.32 Å². The second-order valence-electron chi connectivity index (χ2n) is 5.87. The van der Waals surface area contributed by atoms with Crippen LogP contribution in [0.2, 0.25) is 0 Å². The molecule has 0 bridgehead atoms. The maximum absolute atomic E-state index is 9.06. The lowest BCUT2D eigenvalue weighted by Crippen LogP contribution is -2.19. The average Bonchev–Trinajstić information content (AvgIpc) is 2.49. The molecule has 0 heterocycles. The van der Waals surface area contributed by atoms with E-state index in [-0.39, 0.29) is 6.61 Å². The summed E-state index contributed by atoms with van der Waals surface area (Å²) in [5.74, 6) is 0. The molecule has 0 aliphatic carbocycles. The van der Waals surface area contributed by atoms with E-state index in [4.69, 9.17) is 5.11 Å². The molecule has 112 valence electrons. The van der Waals surface area contributed by atoms with Crippen molar-refractivity contribution in [2.24, 2.45) is 0 Å². The van der Waals surface area contributed by atoms with Crippen LogP contribution in [0.1, 0.15) is 46.3 Å². The Hall–Kier alpha value is -1.64. The molecule has 0 aromatic heterocycles. The van der Waals surface area contributed by atoms with Crippen molar-refractivity contribution >= 4 is 0 Å². The van der Waals surface area contributed by atoms with Gasteiger partial charge in [-0.1, -0.05) is 36.4 Å². The minimum Gasteiger partial charge on any atom is -0.392 e. The van der Waals surface area contributed by atoms with Crippen LogP contribution in [0.4, 0.5) is 0 Å². The third-order valence-electron chi connectivity index (χ3n) is 4.17. The van der Waals surface area contributed by atoms with E-state index in [2.05, 4.69) is 57.3 Å². The van der Waals surface area contributed by atoms with Crippen LogP contribution in [0, 0.1) is 20.8 Å². The maximum atomic E-state index is 9.06. The van der Waals surface area contributed by atoms with Crippen LogP contribution >= 0.6 is 0 Å². The first-order valence-electron chi connectivity index (χ1n) is 7.51. The van der Waals surface area contributed by atoms with Gasteiger partial charge in [0.1, 0.15) is 0 Å². The SMILES string of the molecule is Cc1cc(C)c(C(C)NCc2ccc(CO)cc2)cc1C. The molecule has 2 heteroatoms. The lowest BCUT2D eigenvalue weighted by molar-refractivity contribution is 0.282. The van der Waals surface area contributed by atoms with Crippen LogP contribution in [0.5, 0.6) is 0 Å². The highest BCUT2D eigenvalue weighted by Crippen LogP contribution is 2.22. The van der Waals surface area contributed by atoms with Gasteiger partial charge in [-0.3, -0.25) is 0 Å². The van der Waals surface area contributed by atoms with Gasteiger partial charge in [-0.15, -0.1) is 0 Å². The third-order valence-corrected chi connectivity index (χ3v) is 4.17. The van der Waals surface area contributed by atoms with Crippen molar-refractivity contribution in [1.29, 1.82) is 0 Å². The maximum Gasteiger partial charge on any atom is 0.0681 e. The fraction of sp³-hybridized carbons (Fsp3) is 0.368. The lowest BCUT2D eigenvalue weighted by Gasteiger charge is -2.18. The molecule has 1 unspecified atom stereocenters. The van der Waals surface area contributed by atoms with E-state index in [0.717, 1.165) is 12.1 Å². The van der Waals surface area contributed by atoms with E-state index < -0.39 is 0 Å². The Morgan fingerprint density at radius 1 is 0.905 bits per heavy atom. The summed E-state index contributed by atoms with van der Waals surface area (Å²) in [5, 5.41) is 12.6. The monoisotopic (exact) mass is 283 g/mol. The van der Waals surface area contributed by atoms with Crippen LogP contribution in [0.3, 0.4) is 0 Å². The Morgan fingerprint density at radius 3 is 2.10 bits per heavy atom. The van der Waals surface area contributed by atoms with Gasteiger partial charge >= 0.3 is 0 Å². The number of benzene rings is 2. The fourth-order valence-electron chi connectivity index (χ4n) is 2.59. The van der Waals surface area contributed by atoms with E-state index in [1.165, 1.54) is 27.8 Å². The van der Waals surface area contributed by atoms with E-state index >= 15 is 0 Å². The number of nitrogens with one attached hydrogen (secondary N) is 1. The molecule has 2 nitrogen and oxygen atoms in total. The van der Waals surface area contributed by atoms with Crippen LogP contribution in [-0.4, -0.2) is 5.11 Å². The first-order chi connectivity index (χ1) is 10.0. The Balaban J connectivity index is 2.04. The molecule has 2 aromatic rings. The van der Waals surface area contributed by atoms with Gasteiger partial charge in [0.25, 0.3) is 0 Å². The van der Waals surface area contributed by atoms with Gasteiger partial charge in [0.15, 0.2) is 0 Å². The summed E-state index contributed by atoms with van der Waals surface area (Å²) in [4.78, 5) is 0. The largest absolute Gasteiger partial charge is 0.392 e. The molecular formula is C19H25NO. The molecule has 0 aliphatic heterocycles. The molecule has 0 amide bonds. The zero-order chi connectivity index (χ0) is 15.4. The first-order valence-corrected chi connectivity index (χ1v) is 7.51. The summed E-state index contributed by atoms with van der Waals surface area (Å²) in [6.45, 7) is 9.64. The smallest absolute Gasteiger partial charge is 0.0681 e. The number of rotatable bonds is 5. The van der Waals surface area contributed by atoms with Gasteiger partial charge in [0.2, 0.25) is 0 Å². The highest BCUT2D eigenvalue weighted by atomic mass is 16.3. The Labute approximate surface area is 127 Å². The molecular weight excluding hydrogens is 258 g/mol. The van der Waals surface area contributed by atoms with Crippen molar-refractivity contribution in [3.8, 4) is 0 Å². The molecule has 0 spiro atoms.